The maximum absolute atomic E-state index is 2.47. The standard InChI is InChI=1S/C45H29NS/c1-28-19-21-29(22-20-28)42-33-14-5-7-16-35(33)43(36-17-8-6-15-34(36)42)30-23-25-40-38(27-30)44-41(47-40)26-24-37-32-13-9-10-18-39(32)46(45(37)44)31-11-3-2-4-12-31/h2-27H,1H3. The van der Waals surface area contributed by atoms with Crippen molar-refractivity contribution in [3.8, 4) is 27.9 Å². The van der Waals surface area contributed by atoms with Crippen LogP contribution in [0.15, 0.2) is 158 Å². The summed E-state index contributed by atoms with van der Waals surface area (Å²) in [7, 11) is 0. The Morgan fingerprint density at radius 2 is 0.979 bits per heavy atom. The van der Waals surface area contributed by atoms with Crippen LogP contribution >= 0.6 is 11.3 Å². The van der Waals surface area contributed by atoms with Gasteiger partial charge in [-0.15, -0.1) is 11.3 Å². The molecule has 0 radical (unpaired) electrons. The van der Waals surface area contributed by atoms with Crippen molar-refractivity contribution < 1.29 is 0 Å². The predicted octanol–water partition coefficient (Wildman–Crippen LogP) is 13.1. The quantitative estimate of drug-likeness (QED) is 0.174. The van der Waals surface area contributed by atoms with Gasteiger partial charge in [0.1, 0.15) is 0 Å². The minimum atomic E-state index is 1.19. The maximum atomic E-state index is 2.47. The largest absolute Gasteiger partial charge is 0.309 e. The number of benzene rings is 8. The Balaban J connectivity index is 1.33. The van der Waals surface area contributed by atoms with E-state index < -0.39 is 0 Å². The molecule has 0 amide bonds. The lowest BCUT2D eigenvalue weighted by atomic mass is 9.85. The molecule has 10 rings (SSSR count). The highest BCUT2D eigenvalue weighted by atomic mass is 32.1. The third kappa shape index (κ3) is 3.89. The zero-order valence-corrected chi connectivity index (χ0v) is 26.7. The normalized spacial score (nSPS) is 11.9. The second kappa shape index (κ2) is 10.2. The fraction of sp³-hybridized carbons (Fsp3) is 0.0222. The summed E-state index contributed by atoms with van der Waals surface area (Å²) in [6.07, 6.45) is 0. The number of hydrogen-bond acceptors (Lipinski definition) is 1. The summed E-state index contributed by atoms with van der Waals surface area (Å²) >= 11 is 1.89. The smallest absolute Gasteiger partial charge is 0.0634 e. The van der Waals surface area contributed by atoms with E-state index in [4.69, 9.17) is 0 Å². The Hall–Kier alpha value is -5.70. The summed E-state index contributed by atoms with van der Waals surface area (Å²) in [5, 5.41) is 10.3. The summed E-state index contributed by atoms with van der Waals surface area (Å²) in [6, 6.07) is 58.3. The van der Waals surface area contributed by atoms with E-state index in [1.807, 2.05) is 11.3 Å². The number of rotatable bonds is 3. The summed E-state index contributed by atoms with van der Waals surface area (Å²) in [6.45, 7) is 2.15. The van der Waals surface area contributed by atoms with Crippen molar-refractivity contribution in [2.45, 2.75) is 6.92 Å². The van der Waals surface area contributed by atoms with Gasteiger partial charge in [-0.2, -0.15) is 0 Å². The van der Waals surface area contributed by atoms with Gasteiger partial charge in [-0.05, 0) is 87.1 Å². The summed E-state index contributed by atoms with van der Waals surface area (Å²) in [4.78, 5) is 0. The third-order valence-electron chi connectivity index (χ3n) is 9.84. The van der Waals surface area contributed by atoms with E-state index in [1.165, 1.54) is 97.0 Å². The van der Waals surface area contributed by atoms with Gasteiger partial charge >= 0.3 is 0 Å². The number of fused-ring (bicyclic) bond motifs is 9. The lowest BCUT2D eigenvalue weighted by Gasteiger charge is -2.18. The summed E-state index contributed by atoms with van der Waals surface area (Å²) in [5.41, 5.74) is 10.1. The van der Waals surface area contributed by atoms with E-state index in [0.29, 0.717) is 0 Å². The fourth-order valence-corrected chi connectivity index (χ4v) is 8.88. The van der Waals surface area contributed by atoms with Crippen LogP contribution in [-0.2, 0) is 0 Å². The van der Waals surface area contributed by atoms with Gasteiger partial charge in [-0.25, -0.2) is 0 Å². The molecule has 0 saturated carbocycles. The molecule has 8 aromatic carbocycles. The van der Waals surface area contributed by atoms with Crippen LogP contribution < -0.4 is 0 Å². The van der Waals surface area contributed by atoms with E-state index in [2.05, 4.69) is 169 Å². The molecule has 0 spiro atoms. The van der Waals surface area contributed by atoms with Gasteiger partial charge in [0.05, 0.1) is 11.0 Å². The maximum Gasteiger partial charge on any atom is 0.0634 e. The Bertz CT molecular complexity index is 2780. The van der Waals surface area contributed by atoms with E-state index in [1.54, 1.807) is 0 Å². The molecule has 47 heavy (non-hydrogen) atoms. The second-order valence-electron chi connectivity index (χ2n) is 12.5. The van der Waals surface area contributed by atoms with Crippen molar-refractivity contribution in [2.24, 2.45) is 0 Å². The second-order valence-corrected chi connectivity index (χ2v) is 13.6. The number of hydrogen-bond donors (Lipinski definition) is 0. The van der Waals surface area contributed by atoms with E-state index in [-0.39, 0.29) is 0 Å². The zero-order chi connectivity index (χ0) is 31.1. The Morgan fingerprint density at radius 1 is 0.426 bits per heavy atom. The van der Waals surface area contributed by atoms with Crippen molar-refractivity contribution in [2.75, 3.05) is 0 Å². The number of thiophene rings is 1. The molecule has 0 fully saturated rings. The molecule has 0 N–H and O–H groups in total. The lowest BCUT2D eigenvalue weighted by molar-refractivity contribution is 1.19. The van der Waals surface area contributed by atoms with Crippen LogP contribution in [0, 0.1) is 6.92 Å². The first kappa shape index (κ1) is 26.5. The predicted molar refractivity (Wildman–Crippen MR) is 204 cm³/mol. The molecular formula is C45H29NS. The molecule has 2 heterocycles. The molecule has 0 aliphatic rings. The Morgan fingerprint density at radius 3 is 1.66 bits per heavy atom. The average Bonchev–Trinajstić information content (AvgIpc) is 3.67. The van der Waals surface area contributed by atoms with Crippen LogP contribution in [-0.4, -0.2) is 4.57 Å². The lowest BCUT2D eigenvalue weighted by Crippen LogP contribution is -1.93. The molecule has 10 aromatic rings. The molecule has 0 atom stereocenters. The van der Waals surface area contributed by atoms with Crippen molar-refractivity contribution in [1.29, 1.82) is 0 Å². The van der Waals surface area contributed by atoms with Gasteiger partial charge in [-0.1, -0.05) is 127 Å². The van der Waals surface area contributed by atoms with Gasteiger partial charge in [-0.3, -0.25) is 0 Å². The molecule has 0 aliphatic heterocycles. The van der Waals surface area contributed by atoms with Crippen LogP contribution in [0.2, 0.25) is 0 Å². The van der Waals surface area contributed by atoms with Crippen molar-refractivity contribution in [1.82, 2.24) is 4.57 Å². The van der Waals surface area contributed by atoms with Crippen LogP contribution in [0.3, 0.4) is 0 Å². The first-order chi connectivity index (χ1) is 23.2. The number of aromatic nitrogens is 1. The van der Waals surface area contributed by atoms with Gasteiger partial charge in [0.15, 0.2) is 0 Å². The fourth-order valence-electron chi connectivity index (χ4n) is 7.79. The monoisotopic (exact) mass is 615 g/mol. The van der Waals surface area contributed by atoms with Crippen LogP contribution in [0.5, 0.6) is 0 Å². The number of aryl methyl sites for hydroxylation is 1. The Kier molecular flexibility index (Phi) is 5.73. The molecule has 2 heteroatoms. The topological polar surface area (TPSA) is 4.93 Å². The van der Waals surface area contributed by atoms with Crippen LogP contribution in [0.1, 0.15) is 5.56 Å². The summed E-state index contributed by atoms with van der Waals surface area (Å²) in [5.74, 6) is 0. The van der Waals surface area contributed by atoms with E-state index in [0.717, 1.165) is 0 Å². The highest BCUT2D eigenvalue weighted by Gasteiger charge is 2.20. The molecule has 1 nitrogen and oxygen atoms in total. The van der Waals surface area contributed by atoms with Crippen LogP contribution in [0.25, 0.3) is 91.5 Å². The van der Waals surface area contributed by atoms with Crippen molar-refractivity contribution in [3.05, 3.63) is 163 Å². The van der Waals surface area contributed by atoms with E-state index >= 15 is 0 Å². The summed E-state index contributed by atoms with van der Waals surface area (Å²) < 4.78 is 5.09. The minimum absolute atomic E-state index is 1.19. The average molecular weight is 616 g/mol. The van der Waals surface area contributed by atoms with Crippen molar-refractivity contribution >= 4 is 74.9 Å². The zero-order valence-electron chi connectivity index (χ0n) is 25.9. The molecule has 220 valence electrons. The van der Waals surface area contributed by atoms with Gasteiger partial charge in [0.2, 0.25) is 0 Å². The van der Waals surface area contributed by atoms with Crippen LogP contribution in [0.4, 0.5) is 0 Å². The third-order valence-corrected chi connectivity index (χ3v) is 11.0. The number of nitrogens with zero attached hydrogens (tertiary/aromatic N) is 1. The first-order valence-electron chi connectivity index (χ1n) is 16.2. The molecule has 2 aromatic heterocycles. The van der Waals surface area contributed by atoms with Gasteiger partial charge < -0.3 is 4.57 Å². The molecule has 0 unspecified atom stereocenters. The first-order valence-corrected chi connectivity index (χ1v) is 17.0. The van der Waals surface area contributed by atoms with Crippen molar-refractivity contribution in [3.63, 3.8) is 0 Å². The molecule has 0 bridgehead atoms. The van der Waals surface area contributed by atoms with Gasteiger partial charge in [0, 0.05) is 36.6 Å². The highest BCUT2D eigenvalue weighted by molar-refractivity contribution is 7.26. The Labute approximate surface area is 276 Å². The van der Waals surface area contributed by atoms with Gasteiger partial charge in [0.25, 0.3) is 0 Å². The molecule has 0 aliphatic carbocycles. The molecule has 0 saturated heterocycles. The van der Waals surface area contributed by atoms with E-state index in [9.17, 15) is 0 Å². The minimum Gasteiger partial charge on any atom is -0.309 e. The number of para-hydroxylation sites is 2. The molecular weight excluding hydrogens is 587 g/mol. The SMILES string of the molecule is Cc1ccc(-c2c3ccccc3c(-c3ccc4sc5ccc6c7ccccc7n(-c7ccccc7)c6c5c4c3)c3ccccc23)cc1. The highest BCUT2D eigenvalue weighted by Crippen LogP contribution is 2.47.